The van der Waals surface area contributed by atoms with Crippen molar-refractivity contribution in [3.05, 3.63) is 55.6 Å². The summed E-state index contributed by atoms with van der Waals surface area (Å²) in [6, 6.07) is 11.4. The van der Waals surface area contributed by atoms with Gasteiger partial charge in [-0.15, -0.1) is 11.3 Å². The molecule has 0 saturated heterocycles. The minimum Gasteiger partial charge on any atom is -0.295 e. The molecule has 0 spiro atoms. The molecule has 1 aromatic heterocycles. The molecular formula is C14H13BrClNOS. The van der Waals surface area contributed by atoms with Crippen molar-refractivity contribution in [1.29, 1.82) is 0 Å². The predicted octanol–water partition coefficient (Wildman–Crippen LogP) is 4.48. The van der Waals surface area contributed by atoms with Gasteiger partial charge in [0.1, 0.15) is 0 Å². The monoisotopic (exact) mass is 357 g/mol. The number of hydrogen-bond acceptors (Lipinski definition) is 3. The number of benzene rings is 1. The van der Waals surface area contributed by atoms with Crippen LogP contribution in [0.5, 0.6) is 0 Å². The molecule has 0 N–H and O–H groups in total. The SMILES string of the molecule is CN(CC(=O)c1ccc(Br)s1)Cc1ccc(Cl)cc1. The molecule has 0 bridgehead atoms. The molecule has 19 heavy (non-hydrogen) atoms. The van der Waals surface area contributed by atoms with Crippen LogP contribution in [0.3, 0.4) is 0 Å². The summed E-state index contributed by atoms with van der Waals surface area (Å²) in [5, 5.41) is 0.728. The van der Waals surface area contributed by atoms with E-state index in [-0.39, 0.29) is 5.78 Å². The second kappa shape index (κ2) is 6.66. The quantitative estimate of drug-likeness (QED) is 0.735. The van der Waals surface area contributed by atoms with Gasteiger partial charge in [0.05, 0.1) is 15.2 Å². The molecule has 0 aliphatic heterocycles. The fraction of sp³-hybridized carbons (Fsp3) is 0.214. The van der Waals surface area contributed by atoms with Gasteiger partial charge >= 0.3 is 0 Å². The zero-order valence-corrected chi connectivity index (χ0v) is 13.6. The highest BCUT2D eigenvalue weighted by atomic mass is 79.9. The topological polar surface area (TPSA) is 20.3 Å². The van der Waals surface area contributed by atoms with E-state index in [2.05, 4.69) is 15.9 Å². The van der Waals surface area contributed by atoms with E-state index in [1.807, 2.05) is 48.3 Å². The Morgan fingerprint density at radius 2 is 1.95 bits per heavy atom. The van der Waals surface area contributed by atoms with Crippen LogP contribution in [0.2, 0.25) is 5.02 Å². The summed E-state index contributed by atoms with van der Waals surface area (Å²) in [5.41, 5.74) is 1.15. The van der Waals surface area contributed by atoms with Crippen molar-refractivity contribution in [1.82, 2.24) is 4.90 Å². The fourth-order valence-corrected chi connectivity index (χ4v) is 3.19. The Bertz CT molecular complexity index is 567. The van der Waals surface area contributed by atoms with Crippen molar-refractivity contribution in [3.63, 3.8) is 0 Å². The number of carbonyl (C=O) groups excluding carboxylic acids is 1. The smallest absolute Gasteiger partial charge is 0.186 e. The third kappa shape index (κ3) is 4.42. The average molecular weight is 359 g/mol. The third-order valence-electron chi connectivity index (χ3n) is 2.63. The van der Waals surface area contributed by atoms with Crippen LogP contribution in [0.4, 0.5) is 0 Å². The van der Waals surface area contributed by atoms with Crippen LogP contribution in [-0.4, -0.2) is 24.3 Å². The van der Waals surface area contributed by atoms with Gasteiger partial charge in [-0.05, 0) is 52.8 Å². The number of Topliss-reactive ketones (excluding diaryl/α,β-unsaturated/α-hetero) is 1. The maximum atomic E-state index is 12.0. The largest absolute Gasteiger partial charge is 0.295 e. The summed E-state index contributed by atoms with van der Waals surface area (Å²) < 4.78 is 0.983. The van der Waals surface area contributed by atoms with Crippen molar-refractivity contribution in [2.24, 2.45) is 0 Å². The minimum atomic E-state index is 0.146. The summed E-state index contributed by atoms with van der Waals surface area (Å²) in [7, 11) is 1.94. The summed E-state index contributed by atoms with van der Waals surface area (Å²) in [4.78, 5) is 14.8. The van der Waals surface area contributed by atoms with Crippen LogP contribution in [-0.2, 0) is 6.54 Å². The van der Waals surface area contributed by atoms with E-state index in [1.54, 1.807) is 0 Å². The number of halogens is 2. The van der Waals surface area contributed by atoms with Gasteiger partial charge in [0.15, 0.2) is 5.78 Å². The zero-order valence-electron chi connectivity index (χ0n) is 10.4. The molecule has 0 saturated carbocycles. The minimum absolute atomic E-state index is 0.146. The van der Waals surface area contributed by atoms with E-state index in [0.29, 0.717) is 6.54 Å². The van der Waals surface area contributed by atoms with E-state index in [0.717, 1.165) is 25.8 Å². The summed E-state index contributed by atoms with van der Waals surface area (Å²) >= 11 is 10.7. The molecule has 0 atom stereocenters. The highest BCUT2D eigenvalue weighted by molar-refractivity contribution is 9.11. The maximum absolute atomic E-state index is 12.0. The van der Waals surface area contributed by atoms with Gasteiger partial charge < -0.3 is 0 Å². The van der Waals surface area contributed by atoms with E-state index in [4.69, 9.17) is 11.6 Å². The molecule has 0 amide bonds. The van der Waals surface area contributed by atoms with Gasteiger partial charge in [0.2, 0.25) is 0 Å². The lowest BCUT2D eigenvalue weighted by Gasteiger charge is -2.15. The summed E-state index contributed by atoms with van der Waals surface area (Å²) in [6.45, 7) is 1.14. The van der Waals surface area contributed by atoms with Crippen molar-refractivity contribution < 1.29 is 4.79 Å². The second-order valence-electron chi connectivity index (χ2n) is 4.33. The van der Waals surface area contributed by atoms with Crippen LogP contribution < -0.4 is 0 Å². The molecule has 5 heteroatoms. The zero-order chi connectivity index (χ0) is 13.8. The highest BCUT2D eigenvalue weighted by Gasteiger charge is 2.11. The lowest BCUT2D eigenvalue weighted by Crippen LogP contribution is -2.25. The van der Waals surface area contributed by atoms with Gasteiger partial charge in [0, 0.05) is 11.6 Å². The van der Waals surface area contributed by atoms with Crippen LogP contribution in [0, 0.1) is 0 Å². The van der Waals surface area contributed by atoms with E-state index in [1.165, 1.54) is 11.3 Å². The molecule has 0 radical (unpaired) electrons. The molecule has 1 aromatic carbocycles. The van der Waals surface area contributed by atoms with E-state index < -0.39 is 0 Å². The number of ketones is 1. The number of carbonyl (C=O) groups is 1. The Morgan fingerprint density at radius 1 is 1.26 bits per heavy atom. The number of likely N-dealkylation sites (N-methyl/N-ethyl adjacent to an activating group) is 1. The number of nitrogens with zero attached hydrogens (tertiary/aromatic N) is 1. The molecule has 0 unspecified atom stereocenters. The molecule has 2 aromatic rings. The Hall–Kier alpha value is -0.680. The lowest BCUT2D eigenvalue weighted by molar-refractivity contribution is 0.0947. The Kier molecular flexibility index (Phi) is 5.16. The average Bonchev–Trinajstić information content (AvgIpc) is 2.79. The van der Waals surface area contributed by atoms with Crippen molar-refractivity contribution >= 4 is 44.7 Å². The first kappa shape index (κ1) is 14.7. The molecule has 1 heterocycles. The molecule has 0 aliphatic carbocycles. The standard InChI is InChI=1S/C14H13BrClNOS/c1-17(8-10-2-4-11(16)5-3-10)9-12(18)13-6-7-14(15)19-13/h2-7H,8-9H2,1H3. The third-order valence-corrected chi connectivity index (χ3v) is 4.54. The fourth-order valence-electron chi connectivity index (χ4n) is 1.74. The van der Waals surface area contributed by atoms with Gasteiger partial charge in [-0.25, -0.2) is 0 Å². The molecule has 0 aliphatic rings. The van der Waals surface area contributed by atoms with Crippen molar-refractivity contribution in [3.8, 4) is 0 Å². The molecule has 100 valence electrons. The number of hydrogen-bond donors (Lipinski definition) is 0. The van der Waals surface area contributed by atoms with Crippen molar-refractivity contribution in [2.75, 3.05) is 13.6 Å². The van der Waals surface area contributed by atoms with Gasteiger partial charge in [-0.3, -0.25) is 9.69 Å². The van der Waals surface area contributed by atoms with Crippen LogP contribution in [0.1, 0.15) is 15.2 Å². The second-order valence-corrected chi connectivity index (χ2v) is 7.23. The first-order chi connectivity index (χ1) is 9.04. The lowest BCUT2D eigenvalue weighted by atomic mass is 10.2. The van der Waals surface area contributed by atoms with Crippen molar-refractivity contribution in [2.45, 2.75) is 6.54 Å². The van der Waals surface area contributed by atoms with E-state index in [9.17, 15) is 4.79 Å². The molecule has 2 rings (SSSR count). The Morgan fingerprint density at radius 3 is 2.53 bits per heavy atom. The first-order valence-electron chi connectivity index (χ1n) is 5.76. The highest BCUT2D eigenvalue weighted by Crippen LogP contribution is 2.22. The first-order valence-corrected chi connectivity index (χ1v) is 7.75. The Labute approximate surface area is 130 Å². The van der Waals surface area contributed by atoms with Gasteiger partial charge in [0.25, 0.3) is 0 Å². The molecule has 0 fully saturated rings. The van der Waals surface area contributed by atoms with Gasteiger partial charge in [-0.1, -0.05) is 23.7 Å². The van der Waals surface area contributed by atoms with Crippen LogP contribution >= 0.6 is 38.9 Å². The van der Waals surface area contributed by atoms with E-state index >= 15 is 0 Å². The van der Waals surface area contributed by atoms with Crippen LogP contribution in [0.15, 0.2) is 40.2 Å². The summed E-state index contributed by atoms with van der Waals surface area (Å²) in [5.74, 6) is 0.146. The maximum Gasteiger partial charge on any atom is 0.186 e. The summed E-state index contributed by atoms with van der Waals surface area (Å²) in [6.07, 6.45) is 0. The molecular weight excluding hydrogens is 346 g/mol. The number of thiophene rings is 1. The predicted molar refractivity (Wildman–Crippen MR) is 84.1 cm³/mol. The Balaban J connectivity index is 1.92. The molecule has 2 nitrogen and oxygen atoms in total. The number of rotatable bonds is 5. The van der Waals surface area contributed by atoms with Crippen LogP contribution in [0.25, 0.3) is 0 Å². The van der Waals surface area contributed by atoms with Gasteiger partial charge in [-0.2, -0.15) is 0 Å². The normalized spacial score (nSPS) is 10.9.